The minimum Gasteiger partial charge on any atom is -0.0883 e. The van der Waals surface area contributed by atoms with Gasteiger partial charge in [0.1, 0.15) is 0 Å². The molecule has 0 saturated heterocycles. The predicted molar refractivity (Wildman–Crippen MR) is 99.1 cm³/mol. The molecule has 2 saturated carbocycles. The average Bonchev–Trinajstić information content (AvgIpc) is 2.58. The Morgan fingerprint density at radius 2 is 1.32 bits per heavy atom. The molecule has 2 rings (SSSR count). The van der Waals surface area contributed by atoms with Crippen molar-refractivity contribution in [1.82, 2.24) is 0 Å². The molecule has 2 aliphatic rings. The summed E-state index contributed by atoms with van der Waals surface area (Å²) < 4.78 is 0. The van der Waals surface area contributed by atoms with Gasteiger partial charge >= 0.3 is 0 Å². The average molecular weight is 305 g/mol. The normalized spacial score (nSPS) is 33.4. The zero-order chi connectivity index (χ0) is 15.6. The first-order valence-electron chi connectivity index (χ1n) is 10.5. The van der Waals surface area contributed by atoms with E-state index in [1.54, 1.807) is 25.7 Å². The van der Waals surface area contributed by atoms with E-state index >= 15 is 0 Å². The van der Waals surface area contributed by atoms with Crippen molar-refractivity contribution >= 4 is 0 Å². The lowest BCUT2D eigenvalue weighted by atomic mass is 9.68. The van der Waals surface area contributed by atoms with Crippen molar-refractivity contribution in [3.8, 4) is 0 Å². The van der Waals surface area contributed by atoms with Crippen LogP contribution >= 0.6 is 0 Å². The van der Waals surface area contributed by atoms with Gasteiger partial charge in [0.15, 0.2) is 0 Å². The topological polar surface area (TPSA) is 0 Å². The highest BCUT2D eigenvalue weighted by molar-refractivity contribution is 4.92. The SMILES string of the molecule is CCCC/C=C/C1CCC(C2CCC(CCCC)CC2)CC1. The Morgan fingerprint density at radius 1 is 0.727 bits per heavy atom. The maximum Gasteiger partial charge on any atom is -0.0233 e. The van der Waals surface area contributed by atoms with Gasteiger partial charge in [0.25, 0.3) is 0 Å². The molecule has 0 heterocycles. The Balaban J connectivity index is 1.62. The van der Waals surface area contributed by atoms with E-state index in [0.29, 0.717) is 0 Å². The van der Waals surface area contributed by atoms with E-state index in [-0.39, 0.29) is 0 Å². The lowest BCUT2D eigenvalue weighted by Gasteiger charge is -2.37. The molecule has 0 aliphatic heterocycles. The molecular weight excluding hydrogens is 264 g/mol. The second kappa shape index (κ2) is 10.5. The van der Waals surface area contributed by atoms with Gasteiger partial charge in [-0.2, -0.15) is 0 Å². The number of unbranched alkanes of at least 4 members (excludes halogenated alkanes) is 3. The van der Waals surface area contributed by atoms with Gasteiger partial charge in [-0.1, -0.05) is 70.9 Å². The summed E-state index contributed by atoms with van der Waals surface area (Å²) in [5.41, 5.74) is 0. The molecule has 0 N–H and O–H groups in total. The van der Waals surface area contributed by atoms with E-state index in [2.05, 4.69) is 26.0 Å². The summed E-state index contributed by atoms with van der Waals surface area (Å²) in [7, 11) is 0. The van der Waals surface area contributed by atoms with E-state index < -0.39 is 0 Å². The fraction of sp³-hybridized carbons (Fsp3) is 0.909. The fourth-order valence-corrected chi connectivity index (χ4v) is 4.86. The van der Waals surface area contributed by atoms with Crippen molar-refractivity contribution in [3.63, 3.8) is 0 Å². The number of hydrogen-bond donors (Lipinski definition) is 0. The van der Waals surface area contributed by atoms with E-state index in [1.807, 2.05) is 0 Å². The lowest BCUT2D eigenvalue weighted by molar-refractivity contribution is 0.151. The molecule has 0 amide bonds. The molecule has 0 aromatic heterocycles. The highest BCUT2D eigenvalue weighted by atomic mass is 14.4. The standard InChI is InChI=1S/C22H40/c1-3-5-7-8-10-20-13-17-22(18-14-20)21-15-11-19(12-16-21)9-6-4-2/h8,10,19-22H,3-7,9,11-18H2,1-2H3/b10-8+. The Morgan fingerprint density at radius 3 is 1.91 bits per heavy atom. The molecule has 22 heavy (non-hydrogen) atoms. The molecular formula is C22H40. The molecule has 0 aromatic rings. The van der Waals surface area contributed by atoms with Crippen LogP contribution in [-0.2, 0) is 0 Å². The summed E-state index contributed by atoms with van der Waals surface area (Å²) in [5.74, 6) is 4.15. The Kier molecular flexibility index (Phi) is 8.63. The van der Waals surface area contributed by atoms with Gasteiger partial charge in [-0.15, -0.1) is 0 Å². The summed E-state index contributed by atoms with van der Waals surface area (Å²) in [6, 6.07) is 0. The van der Waals surface area contributed by atoms with Crippen LogP contribution in [0.3, 0.4) is 0 Å². The van der Waals surface area contributed by atoms with Crippen LogP contribution in [0.1, 0.15) is 104 Å². The van der Waals surface area contributed by atoms with Gasteiger partial charge < -0.3 is 0 Å². The molecule has 2 fully saturated rings. The zero-order valence-corrected chi connectivity index (χ0v) is 15.4. The van der Waals surface area contributed by atoms with Crippen LogP contribution in [0.15, 0.2) is 12.2 Å². The van der Waals surface area contributed by atoms with Gasteiger partial charge in [0.05, 0.1) is 0 Å². The smallest absolute Gasteiger partial charge is 0.0233 e. The van der Waals surface area contributed by atoms with E-state index in [1.165, 1.54) is 64.2 Å². The molecule has 0 nitrogen and oxygen atoms in total. The first kappa shape index (κ1) is 18.1. The third kappa shape index (κ3) is 6.09. The summed E-state index contributed by atoms with van der Waals surface area (Å²) in [4.78, 5) is 0. The number of rotatable bonds is 8. The number of hydrogen-bond acceptors (Lipinski definition) is 0. The van der Waals surface area contributed by atoms with Crippen LogP contribution in [0, 0.1) is 23.7 Å². The van der Waals surface area contributed by atoms with Crippen molar-refractivity contribution in [2.75, 3.05) is 0 Å². The maximum absolute atomic E-state index is 2.55. The molecule has 0 aromatic carbocycles. The van der Waals surface area contributed by atoms with E-state index in [4.69, 9.17) is 0 Å². The maximum atomic E-state index is 2.55. The van der Waals surface area contributed by atoms with Gasteiger partial charge in [0, 0.05) is 0 Å². The van der Waals surface area contributed by atoms with Crippen molar-refractivity contribution in [2.45, 2.75) is 104 Å². The monoisotopic (exact) mass is 304 g/mol. The van der Waals surface area contributed by atoms with E-state index in [9.17, 15) is 0 Å². The first-order chi connectivity index (χ1) is 10.8. The summed E-state index contributed by atoms with van der Waals surface area (Å²) in [6.07, 6.45) is 25.6. The minimum atomic E-state index is 0.911. The third-order valence-corrected chi connectivity index (χ3v) is 6.47. The van der Waals surface area contributed by atoms with Crippen LogP contribution in [0.5, 0.6) is 0 Å². The van der Waals surface area contributed by atoms with Gasteiger partial charge in [-0.3, -0.25) is 0 Å². The number of allylic oxidation sites excluding steroid dienone is 2. The van der Waals surface area contributed by atoms with Gasteiger partial charge in [-0.05, 0) is 68.6 Å². The van der Waals surface area contributed by atoms with Crippen molar-refractivity contribution in [1.29, 1.82) is 0 Å². The third-order valence-electron chi connectivity index (χ3n) is 6.47. The molecule has 2 aliphatic carbocycles. The molecule has 0 unspecified atom stereocenters. The first-order valence-corrected chi connectivity index (χ1v) is 10.5. The van der Waals surface area contributed by atoms with Crippen LogP contribution in [0.2, 0.25) is 0 Å². The van der Waals surface area contributed by atoms with Crippen molar-refractivity contribution < 1.29 is 0 Å². The summed E-state index contributed by atoms with van der Waals surface area (Å²) in [6.45, 7) is 4.62. The fourth-order valence-electron chi connectivity index (χ4n) is 4.86. The Labute approximate surface area is 140 Å². The largest absolute Gasteiger partial charge is 0.0883 e. The molecule has 0 atom stereocenters. The second-order valence-corrected chi connectivity index (χ2v) is 8.17. The lowest BCUT2D eigenvalue weighted by Crippen LogP contribution is -2.25. The summed E-state index contributed by atoms with van der Waals surface area (Å²) in [5, 5.41) is 0. The highest BCUT2D eigenvalue weighted by Gasteiger charge is 2.29. The molecule has 0 spiro atoms. The molecule has 128 valence electrons. The van der Waals surface area contributed by atoms with Gasteiger partial charge in [0.2, 0.25) is 0 Å². The van der Waals surface area contributed by atoms with Crippen LogP contribution in [-0.4, -0.2) is 0 Å². The van der Waals surface area contributed by atoms with Gasteiger partial charge in [-0.25, -0.2) is 0 Å². The van der Waals surface area contributed by atoms with E-state index in [0.717, 1.165) is 23.7 Å². The zero-order valence-electron chi connectivity index (χ0n) is 15.4. The highest BCUT2D eigenvalue weighted by Crippen LogP contribution is 2.42. The molecule has 0 heteroatoms. The second-order valence-electron chi connectivity index (χ2n) is 8.17. The molecule has 0 bridgehead atoms. The predicted octanol–water partition coefficient (Wildman–Crippen LogP) is 7.54. The van der Waals surface area contributed by atoms with Crippen molar-refractivity contribution in [2.24, 2.45) is 23.7 Å². The van der Waals surface area contributed by atoms with Crippen molar-refractivity contribution in [3.05, 3.63) is 12.2 Å². The molecule has 0 radical (unpaired) electrons. The quantitative estimate of drug-likeness (QED) is 0.321. The Hall–Kier alpha value is -0.260. The Bertz CT molecular complexity index is 287. The minimum absolute atomic E-state index is 0.911. The van der Waals surface area contributed by atoms with Crippen LogP contribution < -0.4 is 0 Å². The van der Waals surface area contributed by atoms with Crippen LogP contribution in [0.25, 0.3) is 0 Å². The van der Waals surface area contributed by atoms with Crippen LogP contribution in [0.4, 0.5) is 0 Å². The summed E-state index contributed by atoms with van der Waals surface area (Å²) >= 11 is 0.